The zero-order valence-corrected chi connectivity index (χ0v) is 10.2. The van der Waals surface area contributed by atoms with Crippen LogP contribution in [0.15, 0.2) is 24.4 Å². The quantitative estimate of drug-likeness (QED) is 0.748. The Morgan fingerprint density at radius 3 is 3.06 bits per heavy atom. The summed E-state index contributed by atoms with van der Waals surface area (Å²) in [7, 11) is 0. The molecule has 0 amide bonds. The van der Waals surface area contributed by atoms with Crippen molar-refractivity contribution in [3.05, 3.63) is 29.4 Å². The Morgan fingerprint density at radius 1 is 1.39 bits per heavy atom. The number of nitrogens with two attached hydrogens (primary N) is 1. The maximum absolute atomic E-state index is 6.07. The number of H-pyrrole nitrogens is 1. The Labute approximate surface area is 108 Å². The van der Waals surface area contributed by atoms with Crippen molar-refractivity contribution >= 4 is 22.6 Å². The summed E-state index contributed by atoms with van der Waals surface area (Å²) in [6.07, 6.45) is 1.80. The number of halogens is 1. The number of rotatable bonds is 3. The van der Waals surface area contributed by atoms with Crippen LogP contribution < -0.4 is 5.73 Å². The number of benzene rings is 1. The molecule has 18 heavy (non-hydrogen) atoms. The van der Waals surface area contributed by atoms with Gasteiger partial charge < -0.3 is 10.7 Å². The monoisotopic (exact) mass is 262 g/mol. The van der Waals surface area contributed by atoms with Gasteiger partial charge in [-0.25, -0.2) is 4.98 Å². The summed E-state index contributed by atoms with van der Waals surface area (Å²) < 4.78 is 1.68. The first-order chi connectivity index (χ1) is 8.78. The number of aromatic nitrogens is 5. The summed E-state index contributed by atoms with van der Waals surface area (Å²) in [6, 6.07) is 5.60. The van der Waals surface area contributed by atoms with Gasteiger partial charge in [0, 0.05) is 6.54 Å². The van der Waals surface area contributed by atoms with E-state index in [0.29, 0.717) is 29.6 Å². The third-order valence-electron chi connectivity index (χ3n) is 2.60. The molecule has 0 atom stereocenters. The van der Waals surface area contributed by atoms with Gasteiger partial charge in [0.1, 0.15) is 11.2 Å². The van der Waals surface area contributed by atoms with Gasteiger partial charge in [-0.1, -0.05) is 22.9 Å². The van der Waals surface area contributed by atoms with Gasteiger partial charge in [0.15, 0.2) is 5.82 Å². The minimum atomic E-state index is 0.523. The Bertz CT molecular complexity index is 686. The van der Waals surface area contributed by atoms with E-state index in [-0.39, 0.29) is 0 Å². The lowest BCUT2D eigenvalue weighted by molar-refractivity contribution is 0.598. The first-order valence-corrected chi connectivity index (χ1v) is 5.90. The van der Waals surface area contributed by atoms with E-state index in [4.69, 9.17) is 17.3 Å². The van der Waals surface area contributed by atoms with Crippen molar-refractivity contribution in [2.75, 3.05) is 6.54 Å². The average Bonchev–Trinajstić information content (AvgIpc) is 2.96. The average molecular weight is 263 g/mol. The summed E-state index contributed by atoms with van der Waals surface area (Å²) in [5.41, 5.74) is 7.76. The maximum atomic E-state index is 6.07. The first kappa shape index (κ1) is 11.2. The van der Waals surface area contributed by atoms with E-state index in [0.717, 1.165) is 11.0 Å². The number of fused-ring (bicyclic) bond motifs is 1. The molecule has 0 radical (unpaired) electrons. The molecular weight excluding hydrogens is 252 g/mol. The molecule has 0 saturated heterocycles. The van der Waals surface area contributed by atoms with Crippen molar-refractivity contribution < 1.29 is 0 Å². The molecule has 7 heteroatoms. The molecule has 0 aliphatic rings. The van der Waals surface area contributed by atoms with Crippen LogP contribution in [-0.2, 0) is 6.54 Å². The van der Waals surface area contributed by atoms with Crippen molar-refractivity contribution in [1.82, 2.24) is 25.0 Å². The summed E-state index contributed by atoms with van der Waals surface area (Å²) in [4.78, 5) is 7.59. The van der Waals surface area contributed by atoms with Gasteiger partial charge >= 0.3 is 0 Å². The molecule has 6 nitrogen and oxygen atoms in total. The SMILES string of the molecule is NCCn1cc(-c2nc3c(Cl)cccc3[nH]2)nn1. The van der Waals surface area contributed by atoms with Crippen LogP contribution in [0.1, 0.15) is 0 Å². The topological polar surface area (TPSA) is 85.4 Å². The highest BCUT2D eigenvalue weighted by Gasteiger charge is 2.10. The van der Waals surface area contributed by atoms with Gasteiger partial charge in [0.2, 0.25) is 0 Å². The first-order valence-electron chi connectivity index (χ1n) is 5.53. The number of aromatic amines is 1. The van der Waals surface area contributed by atoms with Crippen molar-refractivity contribution in [3.63, 3.8) is 0 Å². The Hall–Kier alpha value is -1.92. The lowest BCUT2D eigenvalue weighted by Gasteiger charge is -1.92. The van der Waals surface area contributed by atoms with Gasteiger partial charge in [-0.05, 0) is 12.1 Å². The number of hydrogen-bond acceptors (Lipinski definition) is 4. The standard InChI is InChI=1S/C11H11ClN6/c12-7-2-1-3-8-10(7)15-11(14-8)9-6-18(5-4-13)17-16-9/h1-3,6H,4-5,13H2,(H,14,15). The number of hydrogen-bond donors (Lipinski definition) is 2. The lowest BCUT2D eigenvalue weighted by Crippen LogP contribution is -2.10. The molecule has 1 aromatic carbocycles. The van der Waals surface area contributed by atoms with Crippen molar-refractivity contribution in [2.45, 2.75) is 6.54 Å². The largest absolute Gasteiger partial charge is 0.336 e. The molecule has 92 valence electrons. The van der Waals surface area contributed by atoms with Gasteiger partial charge in [-0.15, -0.1) is 5.10 Å². The van der Waals surface area contributed by atoms with Crippen molar-refractivity contribution in [1.29, 1.82) is 0 Å². The fraction of sp³-hybridized carbons (Fsp3) is 0.182. The molecule has 3 N–H and O–H groups in total. The van der Waals surface area contributed by atoms with Gasteiger partial charge in [0.05, 0.1) is 23.3 Å². The molecule has 2 heterocycles. The van der Waals surface area contributed by atoms with Crippen LogP contribution >= 0.6 is 11.6 Å². The Kier molecular flexibility index (Phi) is 2.73. The van der Waals surface area contributed by atoms with E-state index in [9.17, 15) is 0 Å². The van der Waals surface area contributed by atoms with E-state index < -0.39 is 0 Å². The number of imidazole rings is 1. The molecule has 0 unspecified atom stereocenters. The van der Waals surface area contributed by atoms with Gasteiger partial charge in [-0.2, -0.15) is 0 Å². The zero-order valence-electron chi connectivity index (χ0n) is 9.47. The second-order valence-corrected chi connectivity index (χ2v) is 4.28. The van der Waals surface area contributed by atoms with Crippen LogP contribution in [0.5, 0.6) is 0 Å². The molecule has 0 bridgehead atoms. The van der Waals surface area contributed by atoms with Crippen LogP contribution in [0.2, 0.25) is 5.02 Å². The molecular formula is C11H11ClN6. The summed E-state index contributed by atoms with van der Waals surface area (Å²) in [5, 5.41) is 8.63. The molecule has 0 aliphatic carbocycles. The van der Waals surface area contributed by atoms with E-state index in [1.807, 2.05) is 12.1 Å². The van der Waals surface area contributed by atoms with E-state index in [1.165, 1.54) is 0 Å². The van der Waals surface area contributed by atoms with Crippen LogP contribution in [-0.4, -0.2) is 31.5 Å². The third-order valence-corrected chi connectivity index (χ3v) is 2.91. The number of nitrogens with zero attached hydrogens (tertiary/aromatic N) is 4. The summed E-state index contributed by atoms with van der Waals surface area (Å²) >= 11 is 6.07. The molecule has 0 fully saturated rings. The van der Waals surface area contributed by atoms with E-state index in [2.05, 4.69) is 20.3 Å². The second-order valence-electron chi connectivity index (χ2n) is 3.88. The minimum Gasteiger partial charge on any atom is -0.336 e. The van der Waals surface area contributed by atoms with Gasteiger partial charge in [0.25, 0.3) is 0 Å². The van der Waals surface area contributed by atoms with Crippen LogP contribution in [0.4, 0.5) is 0 Å². The van der Waals surface area contributed by atoms with Crippen LogP contribution in [0.25, 0.3) is 22.6 Å². The van der Waals surface area contributed by atoms with Crippen LogP contribution in [0.3, 0.4) is 0 Å². The third kappa shape index (κ3) is 1.85. The zero-order chi connectivity index (χ0) is 12.5. The van der Waals surface area contributed by atoms with E-state index >= 15 is 0 Å². The molecule has 3 aromatic rings. The highest BCUT2D eigenvalue weighted by molar-refractivity contribution is 6.34. The smallest absolute Gasteiger partial charge is 0.160 e. The van der Waals surface area contributed by atoms with Gasteiger partial charge in [-0.3, -0.25) is 4.68 Å². The number of nitrogens with one attached hydrogen (secondary N) is 1. The molecule has 3 rings (SSSR count). The van der Waals surface area contributed by atoms with E-state index in [1.54, 1.807) is 16.9 Å². The predicted molar refractivity (Wildman–Crippen MR) is 69.2 cm³/mol. The second kappa shape index (κ2) is 4.40. The van der Waals surface area contributed by atoms with Crippen molar-refractivity contribution in [2.24, 2.45) is 5.73 Å². The Morgan fingerprint density at radius 2 is 2.28 bits per heavy atom. The number of para-hydroxylation sites is 1. The molecule has 0 aliphatic heterocycles. The summed E-state index contributed by atoms with van der Waals surface area (Å²) in [5.74, 6) is 0.654. The van der Waals surface area contributed by atoms with Crippen molar-refractivity contribution in [3.8, 4) is 11.5 Å². The van der Waals surface area contributed by atoms with Crippen LogP contribution in [0, 0.1) is 0 Å². The molecule has 2 aromatic heterocycles. The predicted octanol–water partition coefficient (Wildman–Crippen LogP) is 1.43. The highest BCUT2D eigenvalue weighted by atomic mass is 35.5. The highest BCUT2D eigenvalue weighted by Crippen LogP contribution is 2.24. The normalized spacial score (nSPS) is 11.2. The maximum Gasteiger partial charge on any atom is 0.160 e. The molecule has 0 spiro atoms. The Balaban J connectivity index is 2.05. The minimum absolute atomic E-state index is 0.523. The fourth-order valence-electron chi connectivity index (χ4n) is 1.77. The fourth-order valence-corrected chi connectivity index (χ4v) is 1.98. The summed E-state index contributed by atoms with van der Waals surface area (Å²) in [6.45, 7) is 1.16. The lowest BCUT2D eigenvalue weighted by atomic mass is 10.3. The molecule has 0 saturated carbocycles.